The first kappa shape index (κ1) is 54.2. The van der Waals surface area contributed by atoms with E-state index in [-0.39, 0.29) is 71.4 Å². The van der Waals surface area contributed by atoms with Gasteiger partial charge in [-0.2, -0.15) is 0 Å². The van der Waals surface area contributed by atoms with E-state index in [4.69, 9.17) is 38.3 Å². The van der Waals surface area contributed by atoms with Crippen LogP contribution in [0.25, 0.3) is 21.8 Å². The number of fused-ring (bicyclic) bond motifs is 3. The van der Waals surface area contributed by atoms with Gasteiger partial charge < -0.3 is 64.1 Å². The standard InChI is InChI=1S/C51H58N4O15S2/c1-26(2)53-35-25-67-41(24-39(35)64-5)70-46-48(62)51(71-7,47(61)45-44-30(16-19-52-45)33-22-29(14-15-34(33)54-44)66-20-17-40(59)60)27(3)68-49(46)69-38-13-11-9-8-10-12-32-42(38)31(18-21-72-28(4)56)36(57)23-37(58)43(32)55-50(63)65-6/h8-9,14-16,18-19,22,26-27,35-36,38-39,41,43,46,48-49,53-54,57,62H,17,20-21,23-25H2,1-7H3,(H,55,63)(H,59,60)/b9-8-,31-18-/t27?,35?,36-,38-,39?,41?,43?,46?,48?,49?,51?/m0/s1. The van der Waals surface area contributed by atoms with Gasteiger partial charge in [0.05, 0.1) is 56.6 Å². The molecule has 0 spiro atoms. The molecule has 19 nitrogen and oxygen atoms in total. The minimum absolute atomic E-state index is 0.0149. The highest BCUT2D eigenvalue weighted by atomic mass is 32.2. The third-order valence-corrected chi connectivity index (χ3v) is 14.8. The number of aromatic nitrogens is 2. The molecular formula is C51H58N4O15S2. The molecule has 1 amide bonds. The van der Waals surface area contributed by atoms with Crippen LogP contribution in [0.1, 0.15) is 57.4 Å². The second kappa shape index (κ2) is 24.0. The van der Waals surface area contributed by atoms with Gasteiger partial charge in [0.2, 0.25) is 5.78 Å². The maximum atomic E-state index is 15.5. The van der Waals surface area contributed by atoms with Crippen LogP contribution in [0.5, 0.6) is 5.75 Å². The third kappa shape index (κ3) is 11.8. The Balaban J connectivity index is 1.34. The second-order valence-corrected chi connectivity index (χ2v) is 19.9. The number of nitrogens with zero attached hydrogens (tertiary/aromatic N) is 1. The van der Waals surface area contributed by atoms with Gasteiger partial charge in [-0.1, -0.05) is 55.4 Å². The Bertz CT molecular complexity index is 2790. The zero-order chi connectivity index (χ0) is 51.9. The normalized spacial score (nSPS) is 29.4. The average molecular weight is 1030 g/mol. The van der Waals surface area contributed by atoms with Crippen molar-refractivity contribution < 1.29 is 72.5 Å². The largest absolute Gasteiger partial charge is 0.493 e. The van der Waals surface area contributed by atoms with Gasteiger partial charge in [0.15, 0.2) is 23.5 Å². The van der Waals surface area contributed by atoms with Gasteiger partial charge in [-0.15, -0.1) is 11.8 Å². The van der Waals surface area contributed by atoms with Gasteiger partial charge in [-0.05, 0) is 55.2 Å². The molecule has 72 heavy (non-hydrogen) atoms. The number of rotatable bonds is 17. The number of carbonyl (C=O) groups is 5. The number of aliphatic hydroxyl groups is 2. The molecular weight excluding hydrogens is 973 g/mol. The number of thioether (sulfide) groups is 2. The maximum Gasteiger partial charge on any atom is 0.407 e. The molecule has 4 aliphatic rings. The lowest BCUT2D eigenvalue weighted by atomic mass is 9.83. The van der Waals surface area contributed by atoms with E-state index in [2.05, 4.69) is 44.3 Å². The first-order valence-corrected chi connectivity index (χ1v) is 25.4. The molecule has 6 N–H and O–H groups in total. The number of pyridine rings is 1. The summed E-state index contributed by atoms with van der Waals surface area (Å²) in [5.41, 5.74) is 1.23. The van der Waals surface area contributed by atoms with Crippen molar-refractivity contribution in [1.29, 1.82) is 0 Å². The highest BCUT2D eigenvalue weighted by molar-refractivity contribution is 8.13. The summed E-state index contributed by atoms with van der Waals surface area (Å²) in [6.45, 7) is 7.10. The van der Waals surface area contributed by atoms with Crippen molar-refractivity contribution in [2.75, 3.05) is 39.4 Å². The summed E-state index contributed by atoms with van der Waals surface area (Å²) in [5, 5.41) is 41.1. The molecule has 2 aliphatic heterocycles. The number of aliphatic hydroxyl groups excluding tert-OH is 2. The number of aliphatic carboxylic acids is 1. The van der Waals surface area contributed by atoms with Crippen molar-refractivity contribution in [3.63, 3.8) is 0 Å². The molecule has 0 bridgehead atoms. The van der Waals surface area contributed by atoms with E-state index >= 15 is 4.79 Å². The molecule has 2 aliphatic carbocycles. The number of carbonyl (C=O) groups excluding carboxylic acids is 4. The number of H-pyrrole nitrogens is 1. The van der Waals surface area contributed by atoms with Crippen LogP contribution in [0.2, 0.25) is 0 Å². The number of carboxylic acids is 1. The summed E-state index contributed by atoms with van der Waals surface area (Å²) < 4.78 is 41.3. The number of methoxy groups -OCH3 is 2. The fourth-order valence-electron chi connectivity index (χ4n) is 9.28. The van der Waals surface area contributed by atoms with E-state index in [9.17, 15) is 29.4 Å². The number of nitrogens with one attached hydrogen (secondary N) is 3. The van der Waals surface area contributed by atoms with Gasteiger partial charge in [-0.3, -0.25) is 24.2 Å². The molecule has 0 radical (unpaired) electrons. The predicted octanol–water partition coefficient (Wildman–Crippen LogP) is 4.00. The summed E-state index contributed by atoms with van der Waals surface area (Å²) >= 11 is 1.99. The zero-order valence-electron chi connectivity index (χ0n) is 40.7. The fourth-order valence-corrected chi connectivity index (χ4v) is 10.8. The van der Waals surface area contributed by atoms with Crippen LogP contribution in [0.4, 0.5) is 4.79 Å². The van der Waals surface area contributed by atoms with Crippen molar-refractivity contribution in [3.8, 4) is 29.4 Å². The van der Waals surface area contributed by atoms with E-state index in [0.29, 0.717) is 27.6 Å². The number of carboxylic acid groups (broad SMARTS) is 1. The number of alkyl carbamates (subject to hydrolysis) is 1. The van der Waals surface area contributed by atoms with Crippen LogP contribution in [0.15, 0.2) is 65.4 Å². The molecule has 2 fully saturated rings. The van der Waals surface area contributed by atoms with Gasteiger partial charge in [0.1, 0.15) is 40.5 Å². The van der Waals surface area contributed by atoms with Crippen molar-refractivity contribution in [2.45, 2.75) is 119 Å². The van der Waals surface area contributed by atoms with Gasteiger partial charge in [0, 0.05) is 72.3 Å². The lowest BCUT2D eigenvalue weighted by molar-refractivity contribution is -0.322. The summed E-state index contributed by atoms with van der Waals surface area (Å²) in [6, 6.07) is 5.33. The molecule has 384 valence electrons. The van der Waals surface area contributed by atoms with Crippen molar-refractivity contribution in [3.05, 3.63) is 71.1 Å². The highest BCUT2D eigenvalue weighted by Crippen LogP contribution is 2.46. The zero-order valence-corrected chi connectivity index (χ0v) is 42.3. The average Bonchev–Trinajstić information content (AvgIpc) is 3.72. The van der Waals surface area contributed by atoms with Gasteiger partial charge >= 0.3 is 12.1 Å². The van der Waals surface area contributed by atoms with E-state index in [0.717, 1.165) is 30.6 Å². The SMILES string of the molecule is COC(=O)NC1C(=O)C[C@H](O)/C(=C/CSC(C)=O)C2=C1C#C/C=C\C#C[C@@H]2OC1OC(C)C(SC)(C(=O)c2nccc3c2[nH]c2ccc(OCCC(=O)O)cc23)C(O)C1OC1CC(OC)C(NC(C)C)CO1. The van der Waals surface area contributed by atoms with Crippen LogP contribution in [-0.4, -0.2) is 166 Å². The number of hydrogen-bond acceptors (Lipinski definition) is 18. The van der Waals surface area contributed by atoms with Gasteiger partial charge in [-0.25, -0.2) is 4.79 Å². The number of aromatic amines is 1. The summed E-state index contributed by atoms with van der Waals surface area (Å²) in [5.74, 6) is 10.0. The molecule has 0 saturated carbocycles. The Hall–Kier alpha value is -5.56. The smallest absolute Gasteiger partial charge is 0.407 e. The summed E-state index contributed by atoms with van der Waals surface area (Å²) in [7, 11) is 2.71. The first-order valence-electron chi connectivity index (χ1n) is 23.2. The van der Waals surface area contributed by atoms with Crippen molar-refractivity contribution in [2.24, 2.45) is 0 Å². The lowest BCUT2D eigenvalue weighted by Gasteiger charge is -2.51. The molecule has 1 aromatic carbocycles. The number of ether oxygens (including phenoxy) is 7. The number of allylic oxidation sites excluding steroid dienone is 2. The quantitative estimate of drug-likeness (QED) is 0.0825. The maximum absolute atomic E-state index is 15.5. The first-order chi connectivity index (χ1) is 34.5. The van der Waals surface area contributed by atoms with Crippen LogP contribution in [0, 0.1) is 23.7 Å². The molecule has 3 aromatic rings. The van der Waals surface area contributed by atoms with E-state index in [1.54, 1.807) is 50.6 Å². The molecule has 11 atom stereocenters. The number of hydrogen-bond donors (Lipinski definition) is 6. The van der Waals surface area contributed by atoms with Crippen LogP contribution >= 0.6 is 23.5 Å². The minimum Gasteiger partial charge on any atom is -0.493 e. The fraction of sp³-hybridized carbons (Fsp3) is 0.490. The Labute approximate surface area is 424 Å². The number of Topliss-reactive ketones (excluding diaryl/α,β-unsaturated/α-hetero) is 2. The number of benzene rings is 1. The molecule has 2 aromatic heterocycles. The van der Waals surface area contributed by atoms with E-state index in [1.807, 2.05) is 13.8 Å². The summed E-state index contributed by atoms with van der Waals surface area (Å²) in [4.78, 5) is 73.4. The van der Waals surface area contributed by atoms with E-state index in [1.165, 1.54) is 25.3 Å². The van der Waals surface area contributed by atoms with Crippen molar-refractivity contribution >= 4 is 74.1 Å². The summed E-state index contributed by atoms with van der Waals surface area (Å²) in [6.07, 6.45) is -4.24. The van der Waals surface area contributed by atoms with Crippen LogP contribution in [0.3, 0.4) is 0 Å². The van der Waals surface area contributed by atoms with Crippen LogP contribution < -0.4 is 15.4 Å². The number of amides is 1. The second-order valence-electron chi connectivity index (χ2n) is 17.6. The molecule has 21 heteroatoms. The lowest BCUT2D eigenvalue weighted by Crippen LogP contribution is -2.68. The van der Waals surface area contributed by atoms with E-state index < -0.39 is 90.0 Å². The minimum atomic E-state index is -1.84. The van der Waals surface area contributed by atoms with Crippen molar-refractivity contribution in [1.82, 2.24) is 20.6 Å². The Morgan fingerprint density at radius 2 is 1.88 bits per heavy atom. The highest BCUT2D eigenvalue weighted by Gasteiger charge is 2.61. The molecule has 7 rings (SSSR count). The van der Waals surface area contributed by atoms with Gasteiger partial charge in [0.25, 0.3) is 0 Å². The number of ketones is 2. The molecule has 9 unspecified atom stereocenters. The molecule has 4 heterocycles. The molecule has 2 saturated heterocycles. The topological polar surface area (TPSA) is 263 Å². The van der Waals surface area contributed by atoms with Crippen LogP contribution in [-0.2, 0) is 42.8 Å². The Morgan fingerprint density at radius 3 is 2.58 bits per heavy atom. The predicted molar refractivity (Wildman–Crippen MR) is 267 cm³/mol. The Morgan fingerprint density at radius 1 is 1.10 bits per heavy atom. The monoisotopic (exact) mass is 1030 g/mol. The third-order valence-electron chi connectivity index (χ3n) is 12.6. The Kier molecular flexibility index (Phi) is 18.1.